The quantitative estimate of drug-likeness (QED) is 0.492. The molecule has 1 heterocycles. The molecule has 0 aliphatic rings. The summed E-state index contributed by atoms with van der Waals surface area (Å²) in [6, 6.07) is 5.71. The number of benzene rings is 1. The average Bonchev–Trinajstić information content (AvgIpc) is 2.89. The lowest BCUT2D eigenvalue weighted by Crippen LogP contribution is -2.20. The second-order valence-corrected chi connectivity index (χ2v) is 4.33. The Morgan fingerprint density at radius 2 is 1.86 bits per heavy atom. The van der Waals surface area contributed by atoms with Crippen LogP contribution in [-0.4, -0.2) is 32.2 Å². The Bertz CT molecular complexity index is 691. The molecule has 0 atom stereocenters. The molecule has 2 aromatic rings. The lowest BCUT2D eigenvalue weighted by Gasteiger charge is -2.06. The number of Topliss-reactive ketones (excluding diaryl/α,β-unsaturated/α-hetero) is 2. The fourth-order valence-corrected chi connectivity index (χ4v) is 1.78. The highest BCUT2D eigenvalue weighted by molar-refractivity contribution is 6.37. The number of ketones is 2. The van der Waals surface area contributed by atoms with Crippen molar-refractivity contribution in [2.45, 2.75) is 13.0 Å². The predicted molar refractivity (Wildman–Crippen MR) is 69.3 cm³/mol. The number of aromatic nitrogens is 2. The molecule has 0 aliphatic heterocycles. The molecular formula is C14H11FN2O4. The first-order valence-corrected chi connectivity index (χ1v) is 6.02. The second kappa shape index (κ2) is 6.08. The third-order valence-electron chi connectivity index (χ3n) is 2.79. The molecule has 108 valence electrons. The van der Waals surface area contributed by atoms with E-state index in [0.29, 0.717) is 0 Å². The standard InChI is InChI=1S/C14H11FN2O4/c15-10-3-1-9(2-4-10)8-17-6-5-16-13(17)11(18)7-12(19)14(20)21/h1-6H,7-8H2,(H,20,21). The average molecular weight is 290 g/mol. The summed E-state index contributed by atoms with van der Waals surface area (Å²) in [5.74, 6) is -3.88. The topological polar surface area (TPSA) is 89.3 Å². The summed E-state index contributed by atoms with van der Waals surface area (Å²) in [5.41, 5.74) is 0.744. The highest BCUT2D eigenvalue weighted by atomic mass is 19.1. The zero-order valence-electron chi connectivity index (χ0n) is 10.8. The van der Waals surface area contributed by atoms with Crippen LogP contribution in [0.25, 0.3) is 0 Å². The first-order valence-electron chi connectivity index (χ1n) is 6.02. The molecule has 0 spiro atoms. The number of hydrogen-bond acceptors (Lipinski definition) is 4. The maximum absolute atomic E-state index is 12.8. The minimum absolute atomic E-state index is 0.00562. The monoisotopic (exact) mass is 290 g/mol. The fourth-order valence-electron chi connectivity index (χ4n) is 1.78. The van der Waals surface area contributed by atoms with E-state index in [2.05, 4.69) is 4.98 Å². The molecule has 0 saturated carbocycles. The van der Waals surface area contributed by atoms with Gasteiger partial charge < -0.3 is 9.67 Å². The van der Waals surface area contributed by atoms with E-state index in [1.165, 1.54) is 29.1 Å². The summed E-state index contributed by atoms with van der Waals surface area (Å²) in [5, 5.41) is 8.49. The molecule has 2 rings (SSSR count). The van der Waals surface area contributed by atoms with E-state index >= 15 is 0 Å². The van der Waals surface area contributed by atoms with Crippen molar-refractivity contribution in [3.05, 3.63) is 53.9 Å². The summed E-state index contributed by atoms with van der Waals surface area (Å²) >= 11 is 0. The maximum atomic E-state index is 12.8. The van der Waals surface area contributed by atoms with Crippen LogP contribution >= 0.6 is 0 Å². The van der Waals surface area contributed by atoms with Gasteiger partial charge in [0, 0.05) is 18.9 Å². The molecule has 0 aliphatic carbocycles. The Morgan fingerprint density at radius 1 is 1.19 bits per heavy atom. The van der Waals surface area contributed by atoms with Crippen molar-refractivity contribution in [2.24, 2.45) is 0 Å². The van der Waals surface area contributed by atoms with Gasteiger partial charge in [0.25, 0.3) is 0 Å². The van der Waals surface area contributed by atoms with Gasteiger partial charge in [-0.15, -0.1) is 0 Å². The minimum atomic E-state index is -1.65. The predicted octanol–water partition coefficient (Wildman–Crippen LogP) is 1.30. The van der Waals surface area contributed by atoms with Crippen molar-refractivity contribution in [3.8, 4) is 0 Å². The van der Waals surface area contributed by atoms with Crippen molar-refractivity contribution in [3.63, 3.8) is 0 Å². The fraction of sp³-hybridized carbons (Fsp3) is 0.143. The Labute approximate surface area is 118 Å². The van der Waals surface area contributed by atoms with Crippen molar-refractivity contribution < 1.29 is 23.9 Å². The first-order chi connectivity index (χ1) is 9.97. The molecule has 0 radical (unpaired) electrons. The number of nitrogens with zero attached hydrogens (tertiary/aromatic N) is 2. The third-order valence-corrected chi connectivity index (χ3v) is 2.79. The minimum Gasteiger partial charge on any atom is -0.475 e. The summed E-state index contributed by atoms with van der Waals surface area (Å²) in [7, 11) is 0. The Kier molecular flexibility index (Phi) is 4.22. The van der Waals surface area contributed by atoms with Crippen LogP contribution in [0.3, 0.4) is 0 Å². The van der Waals surface area contributed by atoms with Gasteiger partial charge in [-0.1, -0.05) is 12.1 Å². The SMILES string of the molecule is O=C(O)C(=O)CC(=O)c1nccn1Cc1ccc(F)cc1. The number of rotatable bonds is 6. The van der Waals surface area contributed by atoms with E-state index < -0.39 is 24.0 Å². The number of aliphatic carboxylic acids is 1. The van der Waals surface area contributed by atoms with Gasteiger partial charge in [-0.2, -0.15) is 0 Å². The second-order valence-electron chi connectivity index (χ2n) is 4.33. The highest BCUT2D eigenvalue weighted by Crippen LogP contribution is 2.09. The number of carbonyl (C=O) groups excluding carboxylic acids is 2. The van der Waals surface area contributed by atoms with Crippen molar-refractivity contribution in [2.75, 3.05) is 0 Å². The van der Waals surface area contributed by atoms with Crippen LogP contribution < -0.4 is 0 Å². The Hall–Kier alpha value is -2.83. The van der Waals surface area contributed by atoms with E-state index in [0.717, 1.165) is 5.56 Å². The zero-order chi connectivity index (χ0) is 15.4. The number of hydrogen-bond donors (Lipinski definition) is 1. The van der Waals surface area contributed by atoms with Gasteiger partial charge >= 0.3 is 5.97 Å². The van der Waals surface area contributed by atoms with E-state index in [1.54, 1.807) is 12.1 Å². The molecule has 1 aromatic heterocycles. The molecule has 6 nitrogen and oxygen atoms in total. The van der Waals surface area contributed by atoms with E-state index in [1.807, 2.05) is 0 Å². The van der Waals surface area contributed by atoms with Gasteiger partial charge in [0.1, 0.15) is 5.82 Å². The van der Waals surface area contributed by atoms with Crippen LogP contribution in [0.2, 0.25) is 0 Å². The molecule has 1 aromatic carbocycles. The largest absolute Gasteiger partial charge is 0.475 e. The number of carboxylic acids is 1. The van der Waals surface area contributed by atoms with Gasteiger partial charge in [-0.25, -0.2) is 14.2 Å². The van der Waals surface area contributed by atoms with Gasteiger partial charge in [-0.05, 0) is 17.7 Å². The van der Waals surface area contributed by atoms with E-state index in [9.17, 15) is 18.8 Å². The lowest BCUT2D eigenvalue weighted by molar-refractivity contribution is -0.148. The lowest BCUT2D eigenvalue weighted by atomic mass is 10.2. The van der Waals surface area contributed by atoms with Gasteiger partial charge in [0.15, 0.2) is 5.82 Å². The maximum Gasteiger partial charge on any atom is 0.372 e. The van der Waals surface area contributed by atoms with Crippen LogP contribution in [0.15, 0.2) is 36.7 Å². The van der Waals surface area contributed by atoms with Crippen LogP contribution in [0.5, 0.6) is 0 Å². The van der Waals surface area contributed by atoms with Gasteiger partial charge in [0.2, 0.25) is 11.6 Å². The van der Waals surface area contributed by atoms with E-state index in [-0.39, 0.29) is 18.2 Å². The van der Waals surface area contributed by atoms with Gasteiger partial charge in [-0.3, -0.25) is 9.59 Å². The molecule has 1 N–H and O–H groups in total. The molecular weight excluding hydrogens is 279 g/mol. The smallest absolute Gasteiger partial charge is 0.372 e. The molecule has 7 heteroatoms. The molecule has 0 amide bonds. The van der Waals surface area contributed by atoms with Crippen LogP contribution in [0.4, 0.5) is 4.39 Å². The molecule has 0 bridgehead atoms. The molecule has 0 fully saturated rings. The highest BCUT2D eigenvalue weighted by Gasteiger charge is 2.21. The van der Waals surface area contributed by atoms with Crippen molar-refractivity contribution in [1.29, 1.82) is 0 Å². The number of halogens is 1. The first kappa shape index (κ1) is 14.6. The summed E-state index contributed by atoms with van der Waals surface area (Å²) in [4.78, 5) is 37.2. The Balaban J connectivity index is 2.14. The normalized spacial score (nSPS) is 10.3. The zero-order valence-corrected chi connectivity index (χ0v) is 10.8. The summed E-state index contributed by atoms with van der Waals surface area (Å²) < 4.78 is 14.3. The van der Waals surface area contributed by atoms with Gasteiger partial charge in [0.05, 0.1) is 6.42 Å². The number of carboxylic acid groups (broad SMARTS) is 1. The molecule has 21 heavy (non-hydrogen) atoms. The van der Waals surface area contributed by atoms with Crippen molar-refractivity contribution in [1.82, 2.24) is 9.55 Å². The van der Waals surface area contributed by atoms with Crippen LogP contribution in [0, 0.1) is 5.82 Å². The van der Waals surface area contributed by atoms with E-state index in [4.69, 9.17) is 5.11 Å². The van der Waals surface area contributed by atoms with Crippen LogP contribution in [-0.2, 0) is 16.1 Å². The summed E-state index contributed by atoms with van der Waals surface area (Å²) in [6.45, 7) is 0.266. The number of imidazole rings is 1. The molecule has 0 unspecified atom stereocenters. The van der Waals surface area contributed by atoms with Crippen LogP contribution in [0.1, 0.15) is 22.6 Å². The third kappa shape index (κ3) is 3.59. The number of carbonyl (C=O) groups is 3. The summed E-state index contributed by atoms with van der Waals surface area (Å²) in [6.07, 6.45) is 2.17. The van der Waals surface area contributed by atoms with Crippen molar-refractivity contribution >= 4 is 17.5 Å². The molecule has 0 saturated heterocycles. The Morgan fingerprint density at radius 3 is 2.48 bits per heavy atom.